The zero-order chi connectivity index (χ0) is 15.9. The van der Waals surface area contributed by atoms with Crippen molar-refractivity contribution in [1.29, 1.82) is 0 Å². The predicted molar refractivity (Wildman–Crippen MR) is 84.8 cm³/mol. The van der Waals surface area contributed by atoms with Crippen molar-refractivity contribution in [3.8, 4) is 0 Å². The van der Waals surface area contributed by atoms with E-state index < -0.39 is 5.97 Å². The Morgan fingerprint density at radius 1 is 0.864 bits per heavy atom. The third kappa shape index (κ3) is 4.27. The first kappa shape index (κ1) is 15.9. The summed E-state index contributed by atoms with van der Waals surface area (Å²) in [5, 5.41) is 8.62. The maximum atomic E-state index is 12.4. The van der Waals surface area contributed by atoms with Gasteiger partial charge in [0.2, 0.25) is 0 Å². The summed E-state index contributed by atoms with van der Waals surface area (Å²) in [7, 11) is 0. The number of rotatable bonds is 7. The molecule has 0 fully saturated rings. The summed E-state index contributed by atoms with van der Waals surface area (Å²) in [6, 6.07) is 14.6. The summed E-state index contributed by atoms with van der Waals surface area (Å²) >= 11 is 0. The largest absolute Gasteiger partial charge is 0.481 e. The number of carbonyl (C=O) groups is 2. The minimum absolute atomic E-state index is 0.0272. The highest BCUT2D eigenvalue weighted by atomic mass is 16.4. The van der Waals surface area contributed by atoms with Gasteiger partial charge < -0.3 is 10.8 Å². The van der Waals surface area contributed by atoms with Crippen molar-refractivity contribution in [3.63, 3.8) is 0 Å². The smallest absolute Gasteiger partial charge is 0.303 e. The van der Waals surface area contributed by atoms with Gasteiger partial charge in [-0.3, -0.25) is 9.59 Å². The molecule has 114 valence electrons. The molecule has 22 heavy (non-hydrogen) atoms. The van der Waals surface area contributed by atoms with Crippen molar-refractivity contribution >= 4 is 11.8 Å². The number of carboxylic acids is 1. The van der Waals surface area contributed by atoms with E-state index in [4.69, 9.17) is 10.8 Å². The van der Waals surface area contributed by atoms with Crippen LogP contribution in [0.15, 0.2) is 48.5 Å². The molecule has 0 aliphatic heterocycles. The van der Waals surface area contributed by atoms with Gasteiger partial charge in [-0.1, -0.05) is 48.5 Å². The fraction of sp³-hybridized carbons (Fsp3) is 0.222. The highest BCUT2D eigenvalue weighted by Crippen LogP contribution is 2.13. The van der Waals surface area contributed by atoms with Crippen molar-refractivity contribution in [2.75, 3.05) is 0 Å². The summed E-state index contributed by atoms with van der Waals surface area (Å²) in [6.07, 6.45) is 1.46. The van der Waals surface area contributed by atoms with Crippen molar-refractivity contribution in [1.82, 2.24) is 0 Å². The molecule has 2 aromatic carbocycles. The van der Waals surface area contributed by atoms with Crippen LogP contribution in [0.2, 0.25) is 0 Å². The van der Waals surface area contributed by atoms with Crippen LogP contribution in [-0.2, 0) is 17.8 Å². The average Bonchev–Trinajstić information content (AvgIpc) is 2.54. The van der Waals surface area contributed by atoms with Gasteiger partial charge in [0.15, 0.2) is 5.78 Å². The zero-order valence-electron chi connectivity index (χ0n) is 12.3. The van der Waals surface area contributed by atoms with Gasteiger partial charge in [-0.15, -0.1) is 0 Å². The second-order valence-electron chi connectivity index (χ2n) is 5.17. The van der Waals surface area contributed by atoms with E-state index in [1.54, 1.807) is 24.3 Å². The summed E-state index contributed by atoms with van der Waals surface area (Å²) in [6.45, 7) is 0.458. The number of aryl methyl sites for hydroxylation is 1. The van der Waals surface area contributed by atoms with Crippen molar-refractivity contribution in [3.05, 3.63) is 70.8 Å². The molecule has 4 nitrogen and oxygen atoms in total. The molecule has 2 rings (SSSR count). The molecule has 0 bridgehead atoms. The number of aliphatic carboxylic acids is 1. The Morgan fingerprint density at radius 3 is 1.82 bits per heavy atom. The van der Waals surface area contributed by atoms with Gasteiger partial charge in [0, 0.05) is 24.1 Å². The molecule has 0 saturated heterocycles. The van der Waals surface area contributed by atoms with E-state index >= 15 is 0 Å². The van der Waals surface area contributed by atoms with Crippen LogP contribution in [0.3, 0.4) is 0 Å². The van der Waals surface area contributed by atoms with Crippen LogP contribution >= 0.6 is 0 Å². The van der Waals surface area contributed by atoms with Crippen LogP contribution in [0.4, 0.5) is 0 Å². The van der Waals surface area contributed by atoms with Crippen LogP contribution in [0, 0.1) is 0 Å². The van der Waals surface area contributed by atoms with E-state index in [1.807, 2.05) is 24.3 Å². The Morgan fingerprint density at radius 2 is 1.36 bits per heavy atom. The number of ketones is 1. The second kappa shape index (κ2) is 7.52. The van der Waals surface area contributed by atoms with Crippen molar-refractivity contribution < 1.29 is 14.7 Å². The number of hydrogen-bond donors (Lipinski definition) is 2. The third-order valence-electron chi connectivity index (χ3n) is 3.52. The Kier molecular flexibility index (Phi) is 5.44. The van der Waals surface area contributed by atoms with Gasteiger partial charge in [-0.25, -0.2) is 0 Å². The van der Waals surface area contributed by atoms with Crippen LogP contribution in [0.25, 0.3) is 0 Å². The lowest BCUT2D eigenvalue weighted by molar-refractivity contribution is -0.137. The van der Waals surface area contributed by atoms with Crippen LogP contribution in [0.5, 0.6) is 0 Å². The van der Waals surface area contributed by atoms with E-state index in [1.165, 1.54) is 0 Å². The molecular weight excluding hydrogens is 278 g/mol. The van der Waals surface area contributed by atoms with Gasteiger partial charge in [-0.2, -0.15) is 0 Å². The monoisotopic (exact) mass is 297 g/mol. The molecule has 0 aromatic heterocycles. The van der Waals surface area contributed by atoms with Gasteiger partial charge in [-0.05, 0) is 24.0 Å². The Bertz CT molecular complexity index is 645. The molecular formula is C18H19NO3. The van der Waals surface area contributed by atoms with E-state index in [0.717, 1.165) is 11.1 Å². The van der Waals surface area contributed by atoms with Crippen LogP contribution in [0.1, 0.15) is 39.9 Å². The molecule has 0 saturated carbocycles. The normalized spacial score (nSPS) is 10.4. The number of hydrogen-bond acceptors (Lipinski definition) is 3. The molecule has 0 spiro atoms. The van der Waals surface area contributed by atoms with Gasteiger partial charge in [0.25, 0.3) is 0 Å². The topological polar surface area (TPSA) is 80.4 Å². The Labute approximate surface area is 129 Å². The quantitative estimate of drug-likeness (QED) is 0.770. The van der Waals surface area contributed by atoms with Crippen LogP contribution < -0.4 is 5.73 Å². The fourth-order valence-electron chi connectivity index (χ4n) is 2.23. The van der Waals surface area contributed by atoms with Gasteiger partial charge in [0.05, 0.1) is 0 Å². The van der Waals surface area contributed by atoms with E-state index in [-0.39, 0.29) is 12.2 Å². The molecule has 0 atom stereocenters. The third-order valence-corrected chi connectivity index (χ3v) is 3.52. The lowest BCUT2D eigenvalue weighted by atomic mass is 9.99. The standard InChI is InChI=1S/C18H19NO3/c19-12-14-6-10-16(11-7-14)18(22)15-8-4-13(5-9-15)2-1-3-17(20)21/h4-11H,1-3,12,19H2,(H,20,21). The van der Waals surface area contributed by atoms with E-state index in [9.17, 15) is 9.59 Å². The van der Waals surface area contributed by atoms with Crippen LogP contribution in [-0.4, -0.2) is 16.9 Å². The fourth-order valence-corrected chi connectivity index (χ4v) is 2.23. The molecule has 0 aliphatic carbocycles. The maximum absolute atomic E-state index is 12.4. The molecule has 3 N–H and O–H groups in total. The first-order valence-corrected chi connectivity index (χ1v) is 7.24. The lowest BCUT2D eigenvalue weighted by Gasteiger charge is -2.05. The highest BCUT2D eigenvalue weighted by Gasteiger charge is 2.09. The molecule has 2 aromatic rings. The highest BCUT2D eigenvalue weighted by molar-refractivity contribution is 6.08. The molecule has 0 radical (unpaired) electrons. The van der Waals surface area contributed by atoms with Crippen molar-refractivity contribution in [2.45, 2.75) is 25.8 Å². The maximum Gasteiger partial charge on any atom is 0.303 e. The first-order chi connectivity index (χ1) is 10.6. The second-order valence-corrected chi connectivity index (χ2v) is 5.17. The van der Waals surface area contributed by atoms with Crippen molar-refractivity contribution in [2.24, 2.45) is 5.73 Å². The van der Waals surface area contributed by atoms with E-state index in [0.29, 0.717) is 30.5 Å². The van der Waals surface area contributed by atoms with Gasteiger partial charge in [0.1, 0.15) is 0 Å². The molecule has 0 heterocycles. The minimum atomic E-state index is -0.785. The summed E-state index contributed by atoms with van der Waals surface area (Å²) in [5.74, 6) is -0.812. The Balaban J connectivity index is 2.02. The van der Waals surface area contributed by atoms with E-state index in [2.05, 4.69) is 0 Å². The molecule has 4 heteroatoms. The minimum Gasteiger partial charge on any atom is -0.481 e. The number of benzene rings is 2. The molecule has 0 aliphatic rings. The summed E-state index contributed by atoms with van der Waals surface area (Å²) in [5.41, 5.74) is 8.83. The summed E-state index contributed by atoms with van der Waals surface area (Å²) in [4.78, 5) is 22.8. The number of carboxylic acid groups (broad SMARTS) is 1. The van der Waals surface area contributed by atoms with Gasteiger partial charge >= 0.3 is 5.97 Å². The number of carbonyl (C=O) groups excluding carboxylic acids is 1. The SMILES string of the molecule is NCc1ccc(C(=O)c2ccc(CCCC(=O)O)cc2)cc1. The Hall–Kier alpha value is -2.46. The first-order valence-electron chi connectivity index (χ1n) is 7.24. The zero-order valence-corrected chi connectivity index (χ0v) is 12.3. The predicted octanol–water partition coefficient (Wildman–Crippen LogP) is 2.78. The lowest BCUT2D eigenvalue weighted by Crippen LogP contribution is -2.03. The average molecular weight is 297 g/mol. The number of nitrogens with two attached hydrogens (primary N) is 1. The summed E-state index contributed by atoms with van der Waals surface area (Å²) < 4.78 is 0. The molecule has 0 unspecified atom stereocenters. The molecule has 0 amide bonds.